The molecule has 2 aromatic rings. The highest BCUT2D eigenvalue weighted by Gasteiger charge is 2.25. The van der Waals surface area contributed by atoms with Crippen molar-refractivity contribution >= 4 is 21.6 Å². The van der Waals surface area contributed by atoms with Crippen molar-refractivity contribution in [3.05, 3.63) is 54.6 Å². The van der Waals surface area contributed by atoms with Gasteiger partial charge in [-0.1, -0.05) is 24.6 Å². The number of piperidine rings is 1. The molecule has 1 N–H and O–H groups in total. The van der Waals surface area contributed by atoms with E-state index in [0.29, 0.717) is 24.5 Å². The maximum atomic E-state index is 12.7. The Bertz CT molecular complexity index is 861. The molecular formula is C20H24N2O4S. The van der Waals surface area contributed by atoms with Crippen LogP contribution in [-0.2, 0) is 14.8 Å². The molecule has 144 valence electrons. The molecule has 27 heavy (non-hydrogen) atoms. The van der Waals surface area contributed by atoms with Gasteiger partial charge in [-0.25, -0.2) is 8.42 Å². The van der Waals surface area contributed by atoms with Gasteiger partial charge in [0, 0.05) is 18.8 Å². The fourth-order valence-corrected chi connectivity index (χ4v) is 4.48. The first kappa shape index (κ1) is 19.4. The maximum Gasteiger partial charge on any atom is 0.265 e. The number of sulfonamides is 1. The zero-order valence-corrected chi connectivity index (χ0v) is 16.1. The minimum absolute atomic E-state index is 0.246. The lowest BCUT2D eigenvalue weighted by Crippen LogP contribution is -2.35. The van der Waals surface area contributed by atoms with E-state index in [1.54, 1.807) is 31.2 Å². The van der Waals surface area contributed by atoms with Gasteiger partial charge < -0.3 is 10.1 Å². The standard InChI is InChI=1S/C20H24N2O4S/c1-16(26-18-8-4-2-5-9-18)20(23)21-17-10-12-19(13-11-17)27(24,25)22-14-6-3-7-15-22/h2,4-5,8-13,16H,3,6-7,14-15H2,1H3,(H,21,23). The Morgan fingerprint density at radius 1 is 1.00 bits per heavy atom. The molecule has 0 bridgehead atoms. The van der Waals surface area contributed by atoms with Gasteiger partial charge >= 0.3 is 0 Å². The van der Waals surface area contributed by atoms with Gasteiger partial charge in [-0.15, -0.1) is 0 Å². The first-order valence-electron chi connectivity index (χ1n) is 9.09. The molecule has 0 spiro atoms. The average molecular weight is 388 g/mol. The van der Waals surface area contributed by atoms with Gasteiger partial charge in [-0.2, -0.15) is 4.31 Å². The summed E-state index contributed by atoms with van der Waals surface area (Å²) < 4.78 is 32.4. The van der Waals surface area contributed by atoms with Gasteiger partial charge in [0.05, 0.1) is 4.90 Å². The number of hydrogen-bond donors (Lipinski definition) is 1. The molecular weight excluding hydrogens is 364 g/mol. The van der Waals surface area contributed by atoms with E-state index < -0.39 is 16.1 Å². The molecule has 0 aromatic heterocycles. The van der Waals surface area contributed by atoms with E-state index in [0.717, 1.165) is 19.3 Å². The molecule has 1 fully saturated rings. The van der Waals surface area contributed by atoms with Gasteiger partial charge in [0.25, 0.3) is 5.91 Å². The number of benzene rings is 2. The molecule has 1 aliphatic rings. The van der Waals surface area contributed by atoms with Crippen LogP contribution in [0.2, 0.25) is 0 Å². The zero-order chi connectivity index (χ0) is 19.3. The highest BCUT2D eigenvalue weighted by Crippen LogP contribution is 2.22. The number of carbonyl (C=O) groups excluding carboxylic acids is 1. The highest BCUT2D eigenvalue weighted by molar-refractivity contribution is 7.89. The monoisotopic (exact) mass is 388 g/mol. The molecule has 1 unspecified atom stereocenters. The first-order valence-corrected chi connectivity index (χ1v) is 10.5. The van der Waals surface area contributed by atoms with E-state index in [2.05, 4.69) is 5.32 Å². The van der Waals surface area contributed by atoms with E-state index in [-0.39, 0.29) is 10.8 Å². The van der Waals surface area contributed by atoms with Crippen LogP contribution in [0.1, 0.15) is 26.2 Å². The summed E-state index contributed by atoms with van der Waals surface area (Å²) in [5, 5.41) is 2.75. The van der Waals surface area contributed by atoms with Gasteiger partial charge in [-0.3, -0.25) is 4.79 Å². The second-order valence-electron chi connectivity index (χ2n) is 6.55. The van der Waals surface area contributed by atoms with Crippen LogP contribution in [-0.4, -0.2) is 37.8 Å². The van der Waals surface area contributed by atoms with Crippen LogP contribution in [0.4, 0.5) is 5.69 Å². The van der Waals surface area contributed by atoms with E-state index in [9.17, 15) is 13.2 Å². The third-order valence-electron chi connectivity index (χ3n) is 4.50. The number of para-hydroxylation sites is 1. The highest BCUT2D eigenvalue weighted by atomic mass is 32.2. The van der Waals surface area contributed by atoms with Crippen molar-refractivity contribution in [3.8, 4) is 5.75 Å². The summed E-state index contributed by atoms with van der Waals surface area (Å²) in [5.41, 5.74) is 0.529. The topological polar surface area (TPSA) is 75.7 Å². The molecule has 2 aromatic carbocycles. The number of nitrogens with zero attached hydrogens (tertiary/aromatic N) is 1. The fraction of sp³-hybridized carbons (Fsp3) is 0.350. The first-order chi connectivity index (χ1) is 13.0. The number of anilines is 1. The van der Waals surface area contributed by atoms with Gasteiger partial charge in [-0.05, 0) is 56.2 Å². The third-order valence-corrected chi connectivity index (χ3v) is 6.41. The normalized spacial score (nSPS) is 16.5. The van der Waals surface area contributed by atoms with Crippen LogP contribution in [0.15, 0.2) is 59.5 Å². The van der Waals surface area contributed by atoms with Crippen molar-refractivity contribution in [3.63, 3.8) is 0 Å². The Morgan fingerprint density at radius 3 is 2.26 bits per heavy atom. The van der Waals surface area contributed by atoms with Crippen LogP contribution in [0, 0.1) is 0 Å². The van der Waals surface area contributed by atoms with Gasteiger partial charge in [0.15, 0.2) is 6.10 Å². The zero-order valence-electron chi connectivity index (χ0n) is 15.3. The molecule has 3 rings (SSSR count). The van der Waals surface area contributed by atoms with Crippen molar-refractivity contribution in [2.75, 3.05) is 18.4 Å². The summed E-state index contributed by atoms with van der Waals surface area (Å²) in [4.78, 5) is 12.5. The molecule has 0 aliphatic carbocycles. The van der Waals surface area contributed by atoms with E-state index in [1.807, 2.05) is 18.2 Å². The molecule has 6 nitrogen and oxygen atoms in total. The summed E-state index contributed by atoms with van der Waals surface area (Å²) in [5.74, 6) is 0.314. The van der Waals surface area contributed by atoms with Crippen molar-refractivity contribution in [2.24, 2.45) is 0 Å². The number of carbonyl (C=O) groups is 1. The van der Waals surface area contributed by atoms with Crippen molar-refractivity contribution in [1.29, 1.82) is 0 Å². The fourth-order valence-electron chi connectivity index (χ4n) is 2.97. The van der Waals surface area contributed by atoms with Crippen LogP contribution >= 0.6 is 0 Å². The van der Waals surface area contributed by atoms with Gasteiger partial charge in [0.2, 0.25) is 10.0 Å². The summed E-state index contributed by atoms with van der Waals surface area (Å²) >= 11 is 0. The molecule has 1 aliphatic heterocycles. The van der Waals surface area contributed by atoms with E-state index in [4.69, 9.17) is 4.74 Å². The number of amides is 1. The van der Waals surface area contributed by atoms with E-state index >= 15 is 0 Å². The lowest BCUT2D eigenvalue weighted by Gasteiger charge is -2.25. The maximum absolute atomic E-state index is 12.7. The van der Waals surface area contributed by atoms with Crippen molar-refractivity contribution < 1.29 is 17.9 Å². The lowest BCUT2D eigenvalue weighted by atomic mass is 10.2. The molecule has 1 saturated heterocycles. The average Bonchev–Trinajstić information content (AvgIpc) is 2.70. The predicted molar refractivity (Wildman–Crippen MR) is 104 cm³/mol. The summed E-state index contributed by atoms with van der Waals surface area (Å²) in [6.07, 6.45) is 2.18. The van der Waals surface area contributed by atoms with E-state index in [1.165, 1.54) is 16.4 Å². The number of nitrogens with one attached hydrogen (secondary N) is 1. The Labute approximate surface area is 160 Å². The number of ether oxygens (including phenoxy) is 1. The van der Waals surface area contributed by atoms with Crippen LogP contribution < -0.4 is 10.1 Å². The Balaban J connectivity index is 1.62. The molecule has 1 atom stereocenters. The van der Waals surface area contributed by atoms with Crippen LogP contribution in [0.5, 0.6) is 5.75 Å². The molecule has 1 amide bonds. The molecule has 0 radical (unpaired) electrons. The Kier molecular flexibility index (Phi) is 6.13. The summed E-state index contributed by atoms with van der Waals surface area (Å²) in [6.45, 7) is 2.79. The number of rotatable bonds is 6. The van der Waals surface area contributed by atoms with Gasteiger partial charge in [0.1, 0.15) is 5.75 Å². The second kappa shape index (κ2) is 8.54. The SMILES string of the molecule is CC(Oc1ccccc1)C(=O)Nc1ccc(S(=O)(=O)N2CCCCC2)cc1. The minimum Gasteiger partial charge on any atom is -0.481 e. The molecule has 7 heteroatoms. The smallest absolute Gasteiger partial charge is 0.265 e. The quantitative estimate of drug-likeness (QED) is 0.824. The minimum atomic E-state index is -3.47. The molecule has 0 saturated carbocycles. The van der Waals surface area contributed by atoms with Crippen molar-refractivity contribution in [2.45, 2.75) is 37.2 Å². The molecule has 1 heterocycles. The Hall–Kier alpha value is -2.38. The second-order valence-corrected chi connectivity index (χ2v) is 8.49. The summed E-state index contributed by atoms with van der Waals surface area (Å²) in [6, 6.07) is 15.4. The largest absolute Gasteiger partial charge is 0.481 e. The lowest BCUT2D eigenvalue weighted by molar-refractivity contribution is -0.122. The van der Waals surface area contributed by atoms with Crippen LogP contribution in [0.3, 0.4) is 0 Å². The van der Waals surface area contributed by atoms with Crippen molar-refractivity contribution in [1.82, 2.24) is 4.31 Å². The third kappa shape index (κ3) is 4.87. The summed E-state index contributed by atoms with van der Waals surface area (Å²) in [7, 11) is -3.47. The Morgan fingerprint density at radius 2 is 1.63 bits per heavy atom. The predicted octanol–water partition coefficient (Wildman–Crippen LogP) is 3.27. The number of hydrogen-bond acceptors (Lipinski definition) is 4. The van der Waals surface area contributed by atoms with Crippen LogP contribution in [0.25, 0.3) is 0 Å².